The van der Waals surface area contributed by atoms with Gasteiger partial charge < -0.3 is 14.8 Å². The fraction of sp³-hybridized carbons (Fsp3) is 0.480. The van der Waals surface area contributed by atoms with Crippen molar-refractivity contribution < 1.29 is 14.3 Å². The third kappa shape index (κ3) is 4.26. The number of rotatable bonds is 4. The first-order valence-electron chi connectivity index (χ1n) is 10.7. The Morgan fingerprint density at radius 1 is 1.21 bits per heavy atom. The Hall–Kier alpha value is -2.49. The van der Waals surface area contributed by atoms with E-state index in [2.05, 4.69) is 38.2 Å². The number of carbonyl (C=O) groups is 1. The Morgan fingerprint density at radius 3 is 2.83 bits per heavy atom. The minimum Gasteiger partial charge on any atom is -0.487 e. The zero-order valence-electron chi connectivity index (χ0n) is 17.9. The van der Waals surface area contributed by atoms with Crippen molar-refractivity contribution in [1.29, 1.82) is 0 Å². The fourth-order valence-electron chi connectivity index (χ4n) is 4.49. The molecule has 1 amide bonds. The normalized spacial score (nSPS) is 20.6. The van der Waals surface area contributed by atoms with E-state index in [9.17, 15) is 4.79 Å². The van der Waals surface area contributed by atoms with Crippen molar-refractivity contribution in [2.75, 3.05) is 0 Å². The molecule has 0 aromatic heterocycles. The van der Waals surface area contributed by atoms with Crippen molar-refractivity contribution in [3.8, 4) is 11.5 Å². The Bertz CT molecular complexity index is 918. The van der Waals surface area contributed by atoms with Gasteiger partial charge in [-0.05, 0) is 76.6 Å². The van der Waals surface area contributed by atoms with E-state index in [1.165, 1.54) is 24.0 Å². The number of benzene rings is 2. The van der Waals surface area contributed by atoms with Crippen LogP contribution in [-0.4, -0.2) is 17.6 Å². The highest BCUT2D eigenvalue weighted by molar-refractivity contribution is 5.81. The van der Waals surface area contributed by atoms with Crippen molar-refractivity contribution in [3.63, 3.8) is 0 Å². The highest BCUT2D eigenvalue weighted by atomic mass is 16.5. The fourth-order valence-corrected chi connectivity index (χ4v) is 4.49. The van der Waals surface area contributed by atoms with E-state index in [1.54, 1.807) is 0 Å². The zero-order chi connectivity index (χ0) is 20.6. The van der Waals surface area contributed by atoms with E-state index < -0.39 is 6.10 Å². The predicted molar refractivity (Wildman–Crippen MR) is 115 cm³/mol. The van der Waals surface area contributed by atoms with Crippen LogP contribution < -0.4 is 14.8 Å². The monoisotopic (exact) mass is 393 g/mol. The predicted octanol–water partition coefficient (Wildman–Crippen LogP) is 5.06. The molecule has 2 aromatic carbocycles. The first-order chi connectivity index (χ1) is 13.8. The molecule has 154 valence electrons. The third-order valence-electron chi connectivity index (χ3n) is 5.97. The van der Waals surface area contributed by atoms with Crippen LogP contribution in [0, 0.1) is 6.92 Å². The quantitative estimate of drug-likeness (QED) is 0.790. The number of hydrogen-bond acceptors (Lipinski definition) is 3. The Morgan fingerprint density at radius 2 is 2.00 bits per heavy atom. The average molecular weight is 394 g/mol. The third-order valence-corrected chi connectivity index (χ3v) is 5.97. The molecule has 1 N–H and O–H groups in total. The first kappa shape index (κ1) is 19.8. The highest BCUT2D eigenvalue weighted by Gasteiger charge is 2.35. The largest absolute Gasteiger partial charge is 0.487 e. The molecule has 29 heavy (non-hydrogen) atoms. The molecular formula is C25H31NO3. The highest BCUT2D eigenvalue weighted by Crippen LogP contribution is 2.40. The van der Waals surface area contributed by atoms with Crippen LogP contribution in [0.3, 0.4) is 0 Å². The molecule has 2 atom stereocenters. The molecule has 4 nitrogen and oxygen atoms in total. The lowest BCUT2D eigenvalue weighted by Crippen LogP contribution is -2.44. The topological polar surface area (TPSA) is 47.6 Å². The summed E-state index contributed by atoms with van der Waals surface area (Å²) in [6, 6.07) is 12.3. The number of nitrogens with one attached hydrogen (secondary N) is 1. The van der Waals surface area contributed by atoms with Crippen molar-refractivity contribution in [2.45, 2.75) is 77.5 Å². The summed E-state index contributed by atoms with van der Waals surface area (Å²) >= 11 is 0. The molecule has 2 aromatic rings. The van der Waals surface area contributed by atoms with Gasteiger partial charge in [0.2, 0.25) is 0 Å². The van der Waals surface area contributed by atoms with Gasteiger partial charge in [-0.15, -0.1) is 0 Å². The second-order valence-corrected chi connectivity index (χ2v) is 9.03. The van der Waals surface area contributed by atoms with E-state index in [0.29, 0.717) is 0 Å². The summed E-state index contributed by atoms with van der Waals surface area (Å²) in [6.07, 6.45) is 4.71. The van der Waals surface area contributed by atoms with Gasteiger partial charge in [0.1, 0.15) is 17.1 Å². The molecule has 1 heterocycles. The van der Waals surface area contributed by atoms with Gasteiger partial charge >= 0.3 is 0 Å². The maximum atomic E-state index is 13.0. The van der Waals surface area contributed by atoms with Crippen LogP contribution in [0.15, 0.2) is 36.4 Å². The molecule has 1 aliphatic heterocycles. The number of ether oxygens (including phenoxy) is 2. The summed E-state index contributed by atoms with van der Waals surface area (Å²) in [7, 11) is 0. The lowest BCUT2D eigenvalue weighted by Gasteiger charge is -2.38. The molecule has 0 fully saturated rings. The van der Waals surface area contributed by atoms with Crippen molar-refractivity contribution in [1.82, 2.24) is 5.32 Å². The van der Waals surface area contributed by atoms with Gasteiger partial charge in [0.25, 0.3) is 5.91 Å². The SMILES string of the molecule is Cc1ccc2c(c1)C(NC(=O)C(C)Oc1cccc3c1CCCC3)CC(C)(C)O2. The minimum absolute atomic E-state index is 0.0862. The lowest BCUT2D eigenvalue weighted by atomic mass is 9.89. The van der Waals surface area contributed by atoms with E-state index >= 15 is 0 Å². The van der Waals surface area contributed by atoms with Gasteiger partial charge in [-0.1, -0.05) is 29.8 Å². The van der Waals surface area contributed by atoms with Crippen molar-refractivity contribution in [2.24, 2.45) is 0 Å². The van der Waals surface area contributed by atoms with E-state index in [0.717, 1.165) is 41.9 Å². The smallest absolute Gasteiger partial charge is 0.261 e. The second kappa shape index (κ2) is 7.74. The van der Waals surface area contributed by atoms with Crippen LogP contribution in [0.25, 0.3) is 0 Å². The van der Waals surface area contributed by atoms with Crippen molar-refractivity contribution in [3.05, 3.63) is 58.7 Å². The molecule has 4 rings (SSSR count). The van der Waals surface area contributed by atoms with E-state index in [4.69, 9.17) is 9.47 Å². The summed E-state index contributed by atoms with van der Waals surface area (Å²) in [5.41, 5.74) is 4.50. The molecule has 2 unspecified atom stereocenters. The number of carbonyl (C=O) groups excluding carboxylic acids is 1. The van der Waals surface area contributed by atoms with Crippen LogP contribution >= 0.6 is 0 Å². The number of fused-ring (bicyclic) bond motifs is 2. The molecule has 0 radical (unpaired) electrons. The van der Waals surface area contributed by atoms with Crippen LogP contribution in [-0.2, 0) is 17.6 Å². The molecule has 4 heteroatoms. The van der Waals surface area contributed by atoms with Crippen molar-refractivity contribution >= 4 is 5.91 Å². The Labute approximate surface area is 173 Å². The average Bonchev–Trinajstić information content (AvgIpc) is 2.68. The Balaban J connectivity index is 1.50. The van der Waals surface area contributed by atoms with Gasteiger partial charge in [-0.3, -0.25) is 4.79 Å². The molecule has 1 aliphatic carbocycles. The second-order valence-electron chi connectivity index (χ2n) is 9.03. The number of amides is 1. The molecular weight excluding hydrogens is 362 g/mol. The minimum atomic E-state index is -0.553. The Kier molecular flexibility index (Phi) is 5.28. The maximum absolute atomic E-state index is 13.0. The summed E-state index contributed by atoms with van der Waals surface area (Å²) in [5, 5.41) is 3.21. The van der Waals surface area contributed by atoms with Gasteiger partial charge in [0, 0.05) is 12.0 Å². The van der Waals surface area contributed by atoms with Gasteiger partial charge in [-0.2, -0.15) is 0 Å². The molecule has 0 spiro atoms. The molecule has 0 saturated carbocycles. The van der Waals surface area contributed by atoms with Gasteiger partial charge in [0.05, 0.1) is 6.04 Å². The summed E-state index contributed by atoms with van der Waals surface area (Å²) < 4.78 is 12.3. The van der Waals surface area contributed by atoms with Crippen LogP contribution in [0.4, 0.5) is 0 Å². The van der Waals surface area contributed by atoms with Crippen LogP contribution in [0.1, 0.15) is 68.3 Å². The summed E-state index contributed by atoms with van der Waals surface area (Å²) in [4.78, 5) is 13.0. The van der Waals surface area contributed by atoms with E-state index in [1.807, 2.05) is 31.2 Å². The molecule has 0 saturated heterocycles. The standard InChI is InChI=1S/C25H31NO3/c1-16-12-13-23-20(14-16)21(15-25(3,4)29-23)26-24(27)17(2)28-22-11-7-9-18-8-5-6-10-19(18)22/h7,9,11-14,17,21H,5-6,8,10,15H2,1-4H3,(H,26,27). The van der Waals surface area contributed by atoms with Crippen LogP contribution in [0.5, 0.6) is 11.5 Å². The molecule has 0 bridgehead atoms. The zero-order valence-corrected chi connectivity index (χ0v) is 17.9. The molecule has 2 aliphatic rings. The lowest BCUT2D eigenvalue weighted by molar-refractivity contribution is -0.128. The van der Waals surface area contributed by atoms with Crippen LogP contribution in [0.2, 0.25) is 0 Å². The number of hydrogen-bond donors (Lipinski definition) is 1. The van der Waals surface area contributed by atoms with E-state index in [-0.39, 0.29) is 17.6 Å². The summed E-state index contributed by atoms with van der Waals surface area (Å²) in [5.74, 6) is 1.62. The van der Waals surface area contributed by atoms with Gasteiger partial charge in [0.15, 0.2) is 6.10 Å². The summed E-state index contributed by atoms with van der Waals surface area (Å²) in [6.45, 7) is 8.01. The number of aryl methyl sites for hydroxylation is 2. The van der Waals surface area contributed by atoms with Gasteiger partial charge in [-0.25, -0.2) is 0 Å². The maximum Gasteiger partial charge on any atom is 0.261 e. The first-order valence-corrected chi connectivity index (χ1v) is 10.7.